The molecule has 1 aliphatic heterocycles. The molecule has 1 amide bonds. The van der Waals surface area contributed by atoms with Crippen LogP contribution in [0.15, 0.2) is 83.2 Å². The summed E-state index contributed by atoms with van der Waals surface area (Å²) in [5.41, 5.74) is 1.74. The Kier molecular flexibility index (Phi) is 8.96. The molecule has 1 aromatic rings. The van der Waals surface area contributed by atoms with Gasteiger partial charge < -0.3 is 9.64 Å². The fourth-order valence-electron chi connectivity index (χ4n) is 2.80. The van der Waals surface area contributed by atoms with Crippen LogP contribution in [-0.4, -0.2) is 41.4 Å². The molecule has 1 aromatic carbocycles. The fraction of sp³-hybridized carbons (Fsp3) is 0.333. The summed E-state index contributed by atoms with van der Waals surface area (Å²) in [7, 11) is 0. The molecule has 0 bridgehead atoms. The predicted molar refractivity (Wildman–Crippen MR) is 120 cm³/mol. The zero-order chi connectivity index (χ0) is 21.1. The van der Waals surface area contributed by atoms with Gasteiger partial charge in [0.05, 0.1) is 5.69 Å². The summed E-state index contributed by atoms with van der Waals surface area (Å²) in [6.07, 6.45) is 12.7. The molecule has 0 aliphatic carbocycles. The van der Waals surface area contributed by atoms with Crippen molar-refractivity contribution in [1.82, 2.24) is 9.80 Å². The van der Waals surface area contributed by atoms with Crippen molar-refractivity contribution in [2.75, 3.05) is 19.6 Å². The molecule has 0 N–H and O–H groups in total. The van der Waals surface area contributed by atoms with E-state index in [0.717, 1.165) is 30.8 Å². The second-order valence-electron chi connectivity index (χ2n) is 6.47. The van der Waals surface area contributed by atoms with Crippen LogP contribution in [-0.2, 0) is 9.53 Å². The van der Waals surface area contributed by atoms with E-state index in [1.807, 2.05) is 68.5 Å². The van der Waals surface area contributed by atoms with Gasteiger partial charge in [0.25, 0.3) is 5.91 Å². The third kappa shape index (κ3) is 6.49. The van der Waals surface area contributed by atoms with Crippen LogP contribution in [0.25, 0.3) is 0 Å². The highest BCUT2D eigenvalue weighted by Gasteiger charge is 2.33. The lowest BCUT2D eigenvalue weighted by Gasteiger charge is -2.13. The van der Waals surface area contributed by atoms with Crippen LogP contribution in [0, 0.1) is 0 Å². The highest BCUT2D eigenvalue weighted by Crippen LogP contribution is 2.22. The van der Waals surface area contributed by atoms with E-state index in [1.54, 1.807) is 4.90 Å². The number of hydrogen-bond acceptors (Lipinski definition) is 4. The van der Waals surface area contributed by atoms with Crippen molar-refractivity contribution in [1.29, 1.82) is 0 Å². The molecular formula is C24H31N3O2. The Morgan fingerprint density at radius 2 is 1.90 bits per heavy atom. The van der Waals surface area contributed by atoms with E-state index in [-0.39, 0.29) is 5.91 Å². The smallest absolute Gasteiger partial charge is 0.305 e. The molecule has 0 spiro atoms. The van der Waals surface area contributed by atoms with E-state index in [2.05, 4.69) is 36.0 Å². The Hall–Kier alpha value is -3.08. The van der Waals surface area contributed by atoms with Crippen LogP contribution < -0.4 is 0 Å². The van der Waals surface area contributed by atoms with Gasteiger partial charge in [-0.2, -0.15) is 4.99 Å². The third-order valence-corrected chi connectivity index (χ3v) is 4.51. The lowest BCUT2D eigenvalue weighted by atomic mass is 10.1. The minimum atomic E-state index is -0.165. The van der Waals surface area contributed by atoms with Crippen LogP contribution in [0.5, 0.6) is 0 Å². The highest BCUT2D eigenvalue weighted by atomic mass is 16.5. The Labute approximate surface area is 174 Å². The number of amidine groups is 1. The number of amides is 1. The van der Waals surface area contributed by atoms with Crippen molar-refractivity contribution in [3.8, 4) is 0 Å². The number of allylic oxidation sites excluding steroid dienone is 6. The molecule has 5 nitrogen and oxygen atoms in total. The SMILES string of the molecule is C/C=C\CC(=C\C=C\N(CC)CC)/C=C1/OC(=Nc2ccccc2)N(CC)C1=O. The van der Waals surface area contributed by atoms with Crippen LogP contribution in [0.3, 0.4) is 0 Å². The number of likely N-dealkylation sites (N-methyl/N-ethyl adjacent to an activating group) is 1. The van der Waals surface area contributed by atoms with Crippen molar-refractivity contribution >= 4 is 17.6 Å². The zero-order valence-electron chi connectivity index (χ0n) is 17.8. The second kappa shape index (κ2) is 11.7. The van der Waals surface area contributed by atoms with Gasteiger partial charge in [0.15, 0.2) is 5.76 Å². The van der Waals surface area contributed by atoms with Crippen LogP contribution in [0.2, 0.25) is 0 Å². The van der Waals surface area contributed by atoms with E-state index in [0.29, 0.717) is 18.3 Å². The van der Waals surface area contributed by atoms with Crippen LogP contribution in [0.4, 0.5) is 5.69 Å². The van der Waals surface area contributed by atoms with E-state index in [4.69, 9.17) is 4.74 Å². The van der Waals surface area contributed by atoms with Gasteiger partial charge in [0.2, 0.25) is 0 Å². The Morgan fingerprint density at radius 1 is 1.17 bits per heavy atom. The highest BCUT2D eigenvalue weighted by molar-refractivity contribution is 6.09. The van der Waals surface area contributed by atoms with Gasteiger partial charge in [-0.3, -0.25) is 9.69 Å². The lowest BCUT2D eigenvalue weighted by Crippen LogP contribution is -2.29. The summed E-state index contributed by atoms with van der Waals surface area (Å²) in [6, 6.07) is 9.82. The number of rotatable bonds is 9. The molecule has 2 rings (SSSR count). The lowest BCUT2D eigenvalue weighted by molar-refractivity contribution is -0.122. The number of para-hydroxylation sites is 1. The normalized spacial score (nSPS) is 17.9. The maximum atomic E-state index is 12.8. The van der Waals surface area contributed by atoms with Crippen LogP contribution >= 0.6 is 0 Å². The molecule has 1 fully saturated rings. The summed E-state index contributed by atoms with van der Waals surface area (Å²) in [5.74, 6) is 0.134. The summed E-state index contributed by atoms with van der Waals surface area (Å²) in [5, 5.41) is 0. The third-order valence-electron chi connectivity index (χ3n) is 4.51. The molecule has 5 heteroatoms. The van der Waals surface area contributed by atoms with Gasteiger partial charge in [0.1, 0.15) is 0 Å². The van der Waals surface area contributed by atoms with Gasteiger partial charge in [-0.1, -0.05) is 36.4 Å². The number of benzene rings is 1. The average molecular weight is 394 g/mol. The molecule has 154 valence electrons. The Balaban J connectivity index is 2.30. The first-order chi connectivity index (χ1) is 14.1. The largest absolute Gasteiger partial charge is 0.419 e. The standard InChI is InChI=1S/C24H31N3O2/c1-5-9-14-20(15-13-18-26(6-2)7-3)19-22-23(28)27(8-4)24(29-22)25-21-16-11-10-12-17-21/h5,9-13,15-19H,6-8,14H2,1-4H3/b9-5-,18-13+,20-15+,22-19+,25-24?. The molecule has 29 heavy (non-hydrogen) atoms. The minimum Gasteiger partial charge on any atom is -0.419 e. The second-order valence-corrected chi connectivity index (χ2v) is 6.47. The molecule has 0 unspecified atom stereocenters. The van der Waals surface area contributed by atoms with Crippen molar-refractivity contribution in [3.05, 3.63) is 78.2 Å². The van der Waals surface area contributed by atoms with E-state index >= 15 is 0 Å². The molecule has 0 atom stereocenters. The number of carbonyl (C=O) groups is 1. The van der Waals surface area contributed by atoms with Gasteiger partial charge in [-0.25, -0.2) is 0 Å². The quantitative estimate of drug-likeness (QED) is 0.330. The first-order valence-corrected chi connectivity index (χ1v) is 10.2. The number of aliphatic imine (C=N–C) groups is 1. The topological polar surface area (TPSA) is 45.1 Å². The van der Waals surface area contributed by atoms with E-state index < -0.39 is 0 Å². The first kappa shape index (κ1) is 22.2. The molecule has 1 heterocycles. The van der Waals surface area contributed by atoms with Crippen molar-refractivity contribution in [2.24, 2.45) is 4.99 Å². The average Bonchev–Trinajstić information content (AvgIpc) is 3.03. The molecule has 1 saturated heterocycles. The predicted octanol–water partition coefficient (Wildman–Crippen LogP) is 5.18. The van der Waals surface area contributed by atoms with Crippen molar-refractivity contribution < 1.29 is 9.53 Å². The monoisotopic (exact) mass is 393 g/mol. The van der Waals surface area contributed by atoms with E-state index in [1.165, 1.54) is 0 Å². The van der Waals surface area contributed by atoms with Crippen LogP contribution in [0.1, 0.15) is 34.1 Å². The van der Waals surface area contributed by atoms with Crippen molar-refractivity contribution in [2.45, 2.75) is 34.1 Å². The fourth-order valence-corrected chi connectivity index (χ4v) is 2.80. The first-order valence-electron chi connectivity index (χ1n) is 10.2. The number of hydrogen-bond donors (Lipinski definition) is 0. The molecule has 0 radical (unpaired) electrons. The zero-order valence-corrected chi connectivity index (χ0v) is 17.8. The maximum absolute atomic E-state index is 12.8. The molecule has 0 aromatic heterocycles. The summed E-state index contributed by atoms with van der Waals surface area (Å²) in [6.45, 7) is 10.6. The van der Waals surface area contributed by atoms with Crippen molar-refractivity contribution in [3.63, 3.8) is 0 Å². The minimum absolute atomic E-state index is 0.165. The maximum Gasteiger partial charge on any atom is 0.305 e. The number of ether oxygens (including phenoxy) is 1. The Bertz CT molecular complexity index is 816. The van der Waals surface area contributed by atoms with Gasteiger partial charge in [-0.05, 0) is 70.2 Å². The molecule has 0 saturated carbocycles. The summed E-state index contributed by atoms with van der Waals surface area (Å²) in [4.78, 5) is 21.1. The van der Waals surface area contributed by atoms with Gasteiger partial charge in [-0.15, -0.1) is 0 Å². The molecular weight excluding hydrogens is 362 g/mol. The number of nitrogens with zero attached hydrogens (tertiary/aromatic N) is 3. The molecule has 1 aliphatic rings. The Morgan fingerprint density at radius 3 is 2.52 bits per heavy atom. The van der Waals surface area contributed by atoms with E-state index in [9.17, 15) is 4.79 Å². The summed E-state index contributed by atoms with van der Waals surface area (Å²) < 4.78 is 5.85. The van der Waals surface area contributed by atoms with Gasteiger partial charge in [0, 0.05) is 19.6 Å². The summed E-state index contributed by atoms with van der Waals surface area (Å²) >= 11 is 0. The van der Waals surface area contributed by atoms with Gasteiger partial charge >= 0.3 is 6.02 Å². The number of carbonyl (C=O) groups excluding carboxylic acids is 1.